The first-order valence-corrected chi connectivity index (χ1v) is 6.32. The molecule has 0 aliphatic rings. The number of aryl methyl sites for hydroxylation is 1. The number of anilines is 2. The summed E-state index contributed by atoms with van der Waals surface area (Å²) in [5.74, 6) is 0.355. The smallest absolute Gasteiger partial charge is 0.276 e. The van der Waals surface area contributed by atoms with Crippen molar-refractivity contribution in [3.05, 3.63) is 41.7 Å². The van der Waals surface area contributed by atoms with Gasteiger partial charge < -0.3 is 11.1 Å². The van der Waals surface area contributed by atoms with E-state index < -0.39 is 0 Å². The molecule has 0 fully saturated rings. The molecule has 0 aromatic carbocycles. The molecule has 2 aromatic heterocycles. The van der Waals surface area contributed by atoms with Crippen molar-refractivity contribution >= 4 is 17.3 Å². The van der Waals surface area contributed by atoms with Gasteiger partial charge in [0.15, 0.2) is 5.69 Å². The van der Waals surface area contributed by atoms with Crippen molar-refractivity contribution in [2.75, 3.05) is 11.1 Å². The summed E-state index contributed by atoms with van der Waals surface area (Å²) in [4.78, 5) is 24.6. The number of hydrogen-bond donors (Lipinski definition) is 2. The Balaban J connectivity index is 2.27. The van der Waals surface area contributed by atoms with Crippen LogP contribution in [0.15, 0.2) is 24.7 Å². The summed E-state index contributed by atoms with van der Waals surface area (Å²) in [5.41, 5.74) is 7.78. The van der Waals surface area contributed by atoms with Crippen LogP contribution in [0.25, 0.3) is 0 Å². The number of nitrogens with zero attached hydrogens (tertiary/aromatic N) is 3. The van der Waals surface area contributed by atoms with E-state index in [2.05, 4.69) is 20.3 Å². The summed E-state index contributed by atoms with van der Waals surface area (Å²) >= 11 is 0. The van der Waals surface area contributed by atoms with Crippen molar-refractivity contribution in [1.82, 2.24) is 15.0 Å². The van der Waals surface area contributed by atoms with Crippen LogP contribution in [-0.4, -0.2) is 20.9 Å². The quantitative estimate of drug-likeness (QED) is 0.892. The van der Waals surface area contributed by atoms with Gasteiger partial charge in [0.05, 0.1) is 23.8 Å². The molecule has 3 N–H and O–H groups in total. The first-order valence-electron chi connectivity index (χ1n) is 6.32. The van der Waals surface area contributed by atoms with Crippen molar-refractivity contribution in [2.24, 2.45) is 0 Å². The first kappa shape index (κ1) is 13.9. The zero-order valence-corrected chi connectivity index (χ0v) is 11.7. The molecular formula is C14H17N5O. The lowest BCUT2D eigenvalue weighted by atomic mass is 10.2. The SMILES string of the molecule is Cc1cncc(NC(=O)c2nc(C(C)C)ncc2N)c1. The Morgan fingerprint density at radius 1 is 1.30 bits per heavy atom. The largest absolute Gasteiger partial charge is 0.396 e. The zero-order chi connectivity index (χ0) is 14.7. The van der Waals surface area contributed by atoms with Crippen LogP contribution in [0.5, 0.6) is 0 Å². The number of rotatable bonds is 3. The van der Waals surface area contributed by atoms with Crippen molar-refractivity contribution in [2.45, 2.75) is 26.7 Å². The fourth-order valence-electron chi connectivity index (χ4n) is 1.68. The van der Waals surface area contributed by atoms with Gasteiger partial charge in [-0.2, -0.15) is 0 Å². The Morgan fingerprint density at radius 3 is 2.70 bits per heavy atom. The Kier molecular flexibility index (Phi) is 3.93. The van der Waals surface area contributed by atoms with Crippen LogP contribution < -0.4 is 11.1 Å². The summed E-state index contributed by atoms with van der Waals surface area (Å²) in [6.07, 6.45) is 4.75. The van der Waals surface area contributed by atoms with E-state index in [9.17, 15) is 4.79 Å². The van der Waals surface area contributed by atoms with Gasteiger partial charge >= 0.3 is 0 Å². The van der Waals surface area contributed by atoms with Gasteiger partial charge in [-0.3, -0.25) is 9.78 Å². The number of nitrogens with two attached hydrogens (primary N) is 1. The van der Waals surface area contributed by atoms with Crippen LogP contribution in [0, 0.1) is 6.92 Å². The Labute approximate surface area is 117 Å². The van der Waals surface area contributed by atoms with Crippen LogP contribution in [0.1, 0.15) is 41.6 Å². The molecular weight excluding hydrogens is 254 g/mol. The first-order chi connectivity index (χ1) is 9.47. The number of pyridine rings is 1. The summed E-state index contributed by atoms with van der Waals surface area (Å²) < 4.78 is 0. The predicted molar refractivity (Wildman–Crippen MR) is 77.5 cm³/mol. The minimum atomic E-state index is -0.362. The monoisotopic (exact) mass is 271 g/mol. The molecule has 0 aliphatic heterocycles. The van der Waals surface area contributed by atoms with E-state index in [1.165, 1.54) is 6.20 Å². The molecule has 20 heavy (non-hydrogen) atoms. The number of carbonyl (C=O) groups is 1. The van der Waals surface area contributed by atoms with Crippen LogP contribution in [0.3, 0.4) is 0 Å². The lowest BCUT2D eigenvalue weighted by molar-refractivity contribution is 0.102. The molecule has 2 heterocycles. The topological polar surface area (TPSA) is 93.8 Å². The Hall–Kier alpha value is -2.50. The summed E-state index contributed by atoms with van der Waals surface area (Å²) in [6.45, 7) is 5.81. The molecule has 0 saturated carbocycles. The highest BCUT2D eigenvalue weighted by Gasteiger charge is 2.15. The average Bonchev–Trinajstić information content (AvgIpc) is 2.38. The third kappa shape index (κ3) is 3.09. The third-order valence-electron chi connectivity index (χ3n) is 2.70. The maximum absolute atomic E-state index is 12.2. The van der Waals surface area contributed by atoms with Gasteiger partial charge in [-0.15, -0.1) is 0 Å². The second-order valence-electron chi connectivity index (χ2n) is 4.89. The lowest BCUT2D eigenvalue weighted by Crippen LogP contribution is -2.18. The van der Waals surface area contributed by atoms with Gasteiger partial charge in [0.2, 0.25) is 0 Å². The highest BCUT2D eigenvalue weighted by Crippen LogP contribution is 2.15. The molecule has 1 amide bonds. The van der Waals surface area contributed by atoms with Crippen molar-refractivity contribution in [3.63, 3.8) is 0 Å². The predicted octanol–water partition coefficient (Wildman–Crippen LogP) is 2.14. The molecule has 0 saturated heterocycles. The van der Waals surface area contributed by atoms with E-state index >= 15 is 0 Å². The van der Waals surface area contributed by atoms with Gasteiger partial charge in [-0.1, -0.05) is 13.8 Å². The number of hydrogen-bond acceptors (Lipinski definition) is 5. The van der Waals surface area contributed by atoms with Crippen LogP contribution in [0.2, 0.25) is 0 Å². The summed E-state index contributed by atoms with van der Waals surface area (Å²) in [7, 11) is 0. The van der Waals surface area contributed by atoms with E-state index in [-0.39, 0.29) is 23.2 Å². The standard InChI is InChI=1S/C14H17N5O/c1-8(2)13-17-7-11(15)12(19-13)14(20)18-10-4-9(3)5-16-6-10/h4-8H,15H2,1-3H3,(H,18,20). The Bertz CT molecular complexity index is 639. The van der Waals surface area contributed by atoms with Crippen molar-refractivity contribution < 1.29 is 4.79 Å². The second kappa shape index (κ2) is 5.64. The molecule has 104 valence electrons. The third-order valence-corrected chi connectivity index (χ3v) is 2.70. The minimum absolute atomic E-state index is 0.128. The number of nitrogens with one attached hydrogen (secondary N) is 1. The molecule has 6 heteroatoms. The minimum Gasteiger partial charge on any atom is -0.396 e. The number of carbonyl (C=O) groups excluding carboxylic acids is 1. The normalized spacial score (nSPS) is 10.6. The maximum atomic E-state index is 12.2. The van der Waals surface area contributed by atoms with E-state index in [1.807, 2.05) is 26.8 Å². The lowest BCUT2D eigenvalue weighted by Gasteiger charge is -2.09. The van der Waals surface area contributed by atoms with E-state index in [0.29, 0.717) is 11.5 Å². The van der Waals surface area contributed by atoms with Crippen molar-refractivity contribution in [1.29, 1.82) is 0 Å². The van der Waals surface area contributed by atoms with Crippen molar-refractivity contribution in [3.8, 4) is 0 Å². The maximum Gasteiger partial charge on any atom is 0.276 e. The molecule has 0 radical (unpaired) electrons. The number of amides is 1. The van der Waals surface area contributed by atoms with Crippen LogP contribution >= 0.6 is 0 Å². The van der Waals surface area contributed by atoms with Crippen LogP contribution in [0.4, 0.5) is 11.4 Å². The molecule has 6 nitrogen and oxygen atoms in total. The highest BCUT2D eigenvalue weighted by molar-refractivity contribution is 6.06. The molecule has 0 aliphatic carbocycles. The molecule has 0 spiro atoms. The summed E-state index contributed by atoms with van der Waals surface area (Å²) in [6, 6.07) is 1.83. The van der Waals surface area contributed by atoms with Crippen LogP contribution in [-0.2, 0) is 0 Å². The Morgan fingerprint density at radius 2 is 2.05 bits per heavy atom. The molecule has 2 aromatic rings. The fourth-order valence-corrected chi connectivity index (χ4v) is 1.68. The van der Waals surface area contributed by atoms with Gasteiger partial charge in [0.1, 0.15) is 5.82 Å². The average molecular weight is 271 g/mol. The molecule has 0 bridgehead atoms. The molecule has 0 unspecified atom stereocenters. The summed E-state index contributed by atoms with van der Waals surface area (Å²) in [5, 5.41) is 2.73. The van der Waals surface area contributed by atoms with Gasteiger partial charge in [-0.25, -0.2) is 9.97 Å². The molecule has 0 atom stereocenters. The zero-order valence-electron chi connectivity index (χ0n) is 11.7. The van der Waals surface area contributed by atoms with Gasteiger partial charge in [-0.05, 0) is 18.6 Å². The van der Waals surface area contributed by atoms with E-state index in [4.69, 9.17) is 5.73 Å². The van der Waals surface area contributed by atoms with Gasteiger partial charge in [0, 0.05) is 12.1 Å². The second-order valence-corrected chi connectivity index (χ2v) is 4.89. The number of aromatic nitrogens is 3. The van der Waals surface area contributed by atoms with E-state index in [1.54, 1.807) is 12.4 Å². The highest BCUT2D eigenvalue weighted by atomic mass is 16.1. The number of nitrogen functional groups attached to an aromatic ring is 1. The molecule has 2 rings (SSSR count). The fraction of sp³-hybridized carbons (Fsp3) is 0.286. The van der Waals surface area contributed by atoms with E-state index in [0.717, 1.165) is 5.56 Å². The van der Waals surface area contributed by atoms with Gasteiger partial charge in [0.25, 0.3) is 5.91 Å².